The quantitative estimate of drug-likeness (QED) is 0.553. The van der Waals surface area contributed by atoms with E-state index in [0.717, 1.165) is 16.6 Å². The number of para-hydroxylation sites is 2. The summed E-state index contributed by atoms with van der Waals surface area (Å²) in [6.07, 6.45) is 3.34. The van der Waals surface area contributed by atoms with E-state index in [1.165, 1.54) is 11.3 Å². The summed E-state index contributed by atoms with van der Waals surface area (Å²) >= 11 is 1.36. The molecule has 134 valence electrons. The monoisotopic (exact) mass is 376 g/mol. The van der Waals surface area contributed by atoms with E-state index < -0.39 is 0 Å². The zero-order valence-corrected chi connectivity index (χ0v) is 15.1. The van der Waals surface area contributed by atoms with E-state index in [9.17, 15) is 9.59 Å². The second kappa shape index (κ2) is 7.43. The Morgan fingerprint density at radius 2 is 1.78 bits per heavy atom. The Hall–Kier alpha value is -3.45. The van der Waals surface area contributed by atoms with Crippen molar-refractivity contribution in [3.8, 4) is 0 Å². The van der Waals surface area contributed by atoms with Gasteiger partial charge in [-0.2, -0.15) is 0 Å². The number of anilines is 2. The average molecular weight is 376 g/mol. The first-order chi connectivity index (χ1) is 13.2. The van der Waals surface area contributed by atoms with Crippen LogP contribution < -0.4 is 10.6 Å². The minimum atomic E-state index is -0.247. The highest BCUT2D eigenvalue weighted by molar-refractivity contribution is 7.13. The first-order valence-electron chi connectivity index (χ1n) is 8.34. The van der Waals surface area contributed by atoms with Crippen LogP contribution in [0, 0.1) is 0 Å². The number of amides is 2. The molecule has 0 atom stereocenters. The standard InChI is InChI=1S/C20H16N4O2S/c25-18(22-14-6-2-1-3-7-14)13-24-12-16(15-8-4-5-9-17(15)24)19(26)23-20-21-10-11-27-20/h1-12H,13H2,(H,22,25)(H,21,23,26). The summed E-state index contributed by atoms with van der Waals surface area (Å²) in [5, 5.41) is 8.78. The number of hydrogen-bond donors (Lipinski definition) is 2. The van der Waals surface area contributed by atoms with Crippen LogP contribution in [-0.4, -0.2) is 21.4 Å². The lowest BCUT2D eigenvalue weighted by Gasteiger charge is -2.07. The number of fused-ring (bicyclic) bond motifs is 1. The Morgan fingerprint density at radius 1 is 1.00 bits per heavy atom. The van der Waals surface area contributed by atoms with Crippen LogP contribution in [0.15, 0.2) is 72.4 Å². The van der Waals surface area contributed by atoms with Gasteiger partial charge in [-0.25, -0.2) is 4.98 Å². The minimum Gasteiger partial charge on any atom is -0.337 e. The van der Waals surface area contributed by atoms with Crippen LogP contribution in [0.2, 0.25) is 0 Å². The maximum absolute atomic E-state index is 12.7. The molecule has 0 aliphatic carbocycles. The van der Waals surface area contributed by atoms with Gasteiger partial charge in [0.15, 0.2) is 5.13 Å². The van der Waals surface area contributed by atoms with E-state index in [-0.39, 0.29) is 18.4 Å². The Morgan fingerprint density at radius 3 is 2.56 bits per heavy atom. The highest BCUT2D eigenvalue weighted by Gasteiger charge is 2.17. The topological polar surface area (TPSA) is 76.0 Å². The third kappa shape index (κ3) is 3.73. The molecule has 27 heavy (non-hydrogen) atoms. The van der Waals surface area contributed by atoms with E-state index in [0.29, 0.717) is 10.7 Å². The molecule has 0 unspecified atom stereocenters. The first kappa shape index (κ1) is 17.0. The molecule has 0 saturated carbocycles. The molecule has 0 fully saturated rings. The molecule has 4 aromatic rings. The van der Waals surface area contributed by atoms with Crippen molar-refractivity contribution in [1.82, 2.24) is 9.55 Å². The molecule has 7 heteroatoms. The normalized spacial score (nSPS) is 10.7. The van der Waals surface area contributed by atoms with Crippen LogP contribution in [0.3, 0.4) is 0 Å². The van der Waals surface area contributed by atoms with Crippen molar-refractivity contribution >= 4 is 44.9 Å². The summed E-state index contributed by atoms with van der Waals surface area (Å²) in [5.41, 5.74) is 2.07. The predicted octanol–water partition coefficient (Wildman–Crippen LogP) is 3.99. The maximum atomic E-state index is 12.7. The number of nitrogens with one attached hydrogen (secondary N) is 2. The fraction of sp³-hybridized carbons (Fsp3) is 0.0500. The molecule has 0 bridgehead atoms. The van der Waals surface area contributed by atoms with Gasteiger partial charge in [0.05, 0.1) is 5.56 Å². The molecule has 2 heterocycles. The van der Waals surface area contributed by atoms with Crippen LogP contribution in [0.1, 0.15) is 10.4 Å². The third-order valence-electron chi connectivity index (χ3n) is 4.06. The van der Waals surface area contributed by atoms with E-state index in [1.54, 1.807) is 22.3 Å². The van der Waals surface area contributed by atoms with Gasteiger partial charge in [0.1, 0.15) is 6.54 Å². The number of rotatable bonds is 5. The van der Waals surface area contributed by atoms with Crippen LogP contribution in [0.25, 0.3) is 10.9 Å². The molecule has 0 aliphatic rings. The predicted molar refractivity (Wildman–Crippen MR) is 107 cm³/mol. The van der Waals surface area contributed by atoms with Crippen LogP contribution >= 0.6 is 11.3 Å². The SMILES string of the molecule is O=C(Cn1cc(C(=O)Nc2nccs2)c2ccccc21)Nc1ccccc1. The van der Waals surface area contributed by atoms with Crippen molar-refractivity contribution in [3.05, 3.63) is 77.9 Å². The molecule has 0 radical (unpaired) electrons. The lowest BCUT2D eigenvalue weighted by molar-refractivity contribution is -0.116. The van der Waals surface area contributed by atoms with Crippen molar-refractivity contribution in [2.24, 2.45) is 0 Å². The zero-order chi connectivity index (χ0) is 18.6. The smallest absolute Gasteiger partial charge is 0.259 e. The summed E-state index contributed by atoms with van der Waals surface area (Å²) in [6.45, 7) is 0.111. The lowest BCUT2D eigenvalue weighted by atomic mass is 10.1. The molecule has 0 spiro atoms. The molecule has 0 aliphatic heterocycles. The Kier molecular flexibility index (Phi) is 4.67. The number of benzene rings is 2. The van der Waals surface area contributed by atoms with Gasteiger partial charge < -0.3 is 9.88 Å². The number of aromatic nitrogens is 2. The third-order valence-corrected chi connectivity index (χ3v) is 4.75. The van der Waals surface area contributed by atoms with Crippen molar-refractivity contribution < 1.29 is 9.59 Å². The molecular weight excluding hydrogens is 360 g/mol. The summed E-state index contributed by atoms with van der Waals surface area (Å²) in [7, 11) is 0. The van der Waals surface area contributed by atoms with E-state index >= 15 is 0 Å². The van der Waals surface area contributed by atoms with E-state index in [1.807, 2.05) is 54.6 Å². The molecule has 2 aromatic carbocycles. The number of thiazole rings is 1. The van der Waals surface area contributed by atoms with Gasteiger partial charge in [-0.05, 0) is 18.2 Å². The summed E-state index contributed by atoms with van der Waals surface area (Å²) in [6, 6.07) is 16.8. The lowest BCUT2D eigenvalue weighted by Crippen LogP contribution is -2.18. The van der Waals surface area contributed by atoms with Crippen LogP contribution in [-0.2, 0) is 11.3 Å². The van der Waals surface area contributed by atoms with Gasteiger partial charge in [-0.3, -0.25) is 14.9 Å². The molecule has 0 saturated heterocycles. The Labute approximate surface area is 159 Å². The highest BCUT2D eigenvalue weighted by atomic mass is 32.1. The second-order valence-electron chi connectivity index (χ2n) is 5.89. The Bertz CT molecular complexity index is 1090. The molecule has 2 N–H and O–H groups in total. The molecular formula is C20H16N4O2S. The summed E-state index contributed by atoms with van der Waals surface area (Å²) in [4.78, 5) is 29.2. The van der Waals surface area contributed by atoms with Gasteiger partial charge in [0.2, 0.25) is 5.91 Å². The van der Waals surface area contributed by atoms with Crippen molar-refractivity contribution in [2.45, 2.75) is 6.54 Å². The average Bonchev–Trinajstić information content (AvgIpc) is 3.31. The number of hydrogen-bond acceptors (Lipinski definition) is 4. The van der Waals surface area contributed by atoms with Gasteiger partial charge in [-0.15, -0.1) is 11.3 Å². The van der Waals surface area contributed by atoms with Gasteiger partial charge in [0.25, 0.3) is 5.91 Å². The van der Waals surface area contributed by atoms with Gasteiger partial charge in [-0.1, -0.05) is 36.4 Å². The highest BCUT2D eigenvalue weighted by Crippen LogP contribution is 2.23. The summed E-state index contributed by atoms with van der Waals surface area (Å²) in [5.74, 6) is -0.405. The minimum absolute atomic E-state index is 0.111. The first-order valence-corrected chi connectivity index (χ1v) is 9.22. The number of carbonyl (C=O) groups is 2. The van der Waals surface area contributed by atoms with E-state index in [4.69, 9.17) is 0 Å². The molecule has 2 amide bonds. The van der Waals surface area contributed by atoms with E-state index in [2.05, 4.69) is 15.6 Å². The maximum Gasteiger partial charge on any atom is 0.259 e. The van der Waals surface area contributed by atoms with Crippen LogP contribution in [0.4, 0.5) is 10.8 Å². The van der Waals surface area contributed by atoms with Crippen molar-refractivity contribution in [1.29, 1.82) is 0 Å². The zero-order valence-electron chi connectivity index (χ0n) is 14.3. The van der Waals surface area contributed by atoms with Crippen LogP contribution in [0.5, 0.6) is 0 Å². The fourth-order valence-electron chi connectivity index (χ4n) is 2.88. The molecule has 6 nitrogen and oxygen atoms in total. The number of nitrogens with zero attached hydrogens (tertiary/aromatic N) is 2. The molecule has 2 aromatic heterocycles. The fourth-order valence-corrected chi connectivity index (χ4v) is 3.41. The molecule has 4 rings (SSSR count). The van der Waals surface area contributed by atoms with Crippen molar-refractivity contribution in [3.63, 3.8) is 0 Å². The number of carbonyl (C=O) groups excluding carboxylic acids is 2. The van der Waals surface area contributed by atoms with Gasteiger partial charge in [0, 0.05) is 34.4 Å². The Balaban J connectivity index is 1.59. The van der Waals surface area contributed by atoms with Crippen molar-refractivity contribution in [2.75, 3.05) is 10.6 Å². The second-order valence-corrected chi connectivity index (χ2v) is 6.79. The largest absolute Gasteiger partial charge is 0.337 e. The van der Waals surface area contributed by atoms with Gasteiger partial charge >= 0.3 is 0 Å². The summed E-state index contributed by atoms with van der Waals surface area (Å²) < 4.78 is 1.78.